The van der Waals surface area contributed by atoms with Gasteiger partial charge in [-0.2, -0.15) is 0 Å². The van der Waals surface area contributed by atoms with Crippen LogP contribution in [0.5, 0.6) is 0 Å². The number of benzene rings is 1. The summed E-state index contributed by atoms with van der Waals surface area (Å²) in [4.78, 5) is 4.36. The second-order valence-corrected chi connectivity index (χ2v) is 5.58. The first-order valence-corrected chi connectivity index (χ1v) is 6.79. The molecule has 3 rings (SSSR count). The van der Waals surface area contributed by atoms with Crippen LogP contribution < -0.4 is 0 Å². The Labute approximate surface area is 113 Å². The Bertz CT molecular complexity index is 568. The molecule has 0 amide bonds. The summed E-state index contributed by atoms with van der Waals surface area (Å²) in [7, 11) is 0. The third kappa shape index (κ3) is 2.48. The van der Waals surface area contributed by atoms with Crippen LogP contribution in [0.15, 0.2) is 36.5 Å². The Kier molecular flexibility index (Phi) is 3.25. The summed E-state index contributed by atoms with van der Waals surface area (Å²) >= 11 is 0. The number of para-hydroxylation sites is 1. The average molecular weight is 257 g/mol. The third-order valence-electron chi connectivity index (χ3n) is 4.10. The van der Waals surface area contributed by atoms with Crippen molar-refractivity contribution in [2.45, 2.75) is 25.4 Å². The molecule has 1 saturated heterocycles. The molecule has 1 aromatic heterocycles. The minimum atomic E-state index is -0.722. The van der Waals surface area contributed by atoms with Gasteiger partial charge in [-0.1, -0.05) is 18.2 Å². The Morgan fingerprint density at radius 2 is 2.21 bits per heavy atom. The first-order chi connectivity index (χ1) is 9.17. The summed E-state index contributed by atoms with van der Waals surface area (Å²) in [5.41, 5.74) is 1.42. The highest BCUT2D eigenvalue weighted by Gasteiger charge is 2.35. The van der Waals surface area contributed by atoms with E-state index >= 15 is 0 Å². The van der Waals surface area contributed by atoms with Gasteiger partial charge in [-0.3, -0.25) is 4.98 Å². The van der Waals surface area contributed by atoms with E-state index in [0.717, 1.165) is 29.5 Å². The molecule has 1 aliphatic rings. The van der Waals surface area contributed by atoms with Crippen LogP contribution in [-0.4, -0.2) is 28.9 Å². The molecule has 2 atom stereocenters. The molecule has 0 bridgehead atoms. The number of pyridine rings is 1. The summed E-state index contributed by atoms with van der Waals surface area (Å²) in [6.45, 7) is 3.34. The first kappa shape index (κ1) is 12.6. The fourth-order valence-corrected chi connectivity index (χ4v) is 2.86. The van der Waals surface area contributed by atoms with Crippen LogP contribution in [0.25, 0.3) is 10.9 Å². The first-order valence-electron chi connectivity index (χ1n) is 6.79. The quantitative estimate of drug-likeness (QED) is 0.919. The molecule has 0 spiro atoms. The second kappa shape index (κ2) is 4.91. The lowest BCUT2D eigenvalue weighted by atomic mass is 9.82. The standard InChI is InChI=1S/C16H19NO2/c1-16(18,13-7-9-19-11-13)10-12-6-8-17-15-5-3-2-4-14(12)15/h2-6,8,13,18H,7,9-11H2,1H3. The van der Waals surface area contributed by atoms with Crippen LogP contribution in [0, 0.1) is 5.92 Å². The zero-order valence-corrected chi connectivity index (χ0v) is 11.2. The predicted octanol–water partition coefficient (Wildman–Crippen LogP) is 2.56. The van der Waals surface area contributed by atoms with Crippen molar-refractivity contribution in [3.8, 4) is 0 Å². The van der Waals surface area contributed by atoms with Gasteiger partial charge >= 0.3 is 0 Å². The number of aliphatic hydroxyl groups is 1. The number of hydrogen-bond donors (Lipinski definition) is 1. The maximum atomic E-state index is 10.7. The summed E-state index contributed by atoms with van der Waals surface area (Å²) in [5.74, 6) is 0.222. The van der Waals surface area contributed by atoms with Crippen molar-refractivity contribution in [2.24, 2.45) is 5.92 Å². The normalized spacial score (nSPS) is 22.5. The van der Waals surface area contributed by atoms with Gasteiger partial charge < -0.3 is 9.84 Å². The van der Waals surface area contributed by atoms with E-state index in [1.807, 2.05) is 37.4 Å². The molecule has 100 valence electrons. The molecule has 2 aromatic rings. The number of ether oxygens (including phenoxy) is 1. The molecule has 1 aliphatic heterocycles. The van der Waals surface area contributed by atoms with Gasteiger partial charge in [0.25, 0.3) is 0 Å². The van der Waals surface area contributed by atoms with Crippen LogP contribution in [0.4, 0.5) is 0 Å². The Morgan fingerprint density at radius 1 is 1.37 bits per heavy atom. The van der Waals surface area contributed by atoms with Crippen molar-refractivity contribution in [3.05, 3.63) is 42.1 Å². The van der Waals surface area contributed by atoms with Crippen LogP contribution in [0.1, 0.15) is 18.9 Å². The number of rotatable bonds is 3. The van der Waals surface area contributed by atoms with Crippen LogP contribution in [0.3, 0.4) is 0 Å². The maximum Gasteiger partial charge on any atom is 0.0711 e. The van der Waals surface area contributed by atoms with E-state index in [1.165, 1.54) is 0 Å². The summed E-state index contributed by atoms with van der Waals surface area (Å²) in [6.07, 6.45) is 3.40. The maximum absolute atomic E-state index is 10.7. The molecule has 3 nitrogen and oxygen atoms in total. The van der Waals surface area contributed by atoms with Crippen molar-refractivity contribution < 1.29 is 9.84 Å². The number of aromatic nitrogens is 1. The highest BCUT2D eigenvalue weighted by atomic mass is 16.5. The van der Waals surface area contributed by atoms with Crippen LogP contribution in [0.2, 0.25) is 0 Å². The predicted molar refractivity (Wildman–Crippen MR) is 75.0 cm³/mol. The fourth-order valence-electron chi connectivity index (χ4n) is 2.86. The Balaban J connectivity index is 1.92. The van der Waals surface area contributed by atoms with E-state index in [-0.39, 0.29) is 5.92 Å². The van der Waals surface area contributed by atoms with Gasteiger partial charge in [0.2, 0.25) is 0 Å². The van der Waals surface area contributed by atoms with E-state index in [1.54, 1.807) is 0 Å². The minimum absolute atomic E-state index is 0.222. The topological polar surface area (TPSA) is 42.4 Å². The molecule has 0 aliphatic carbocycles. The van der Waals surface area contributed by atoms with Crippen molar-refractivity contribution in [1.82, 2.24) is 4.98 Å². The lowest BCUT2D eigenvalue weighted by Crippen LogP contribution is -2.37. The Hall–Kier alpha value is -1.45. The highest BCUT2D eigenvalue weighted by Crippen LogP contribution is 2.30. The van der Waals surface area contributed by atoms with E-state index in [9.17, 15) is 5.11 Å². The van der Waals surface area contributed by atoms with E-state index in [0.29, 0.717) is 13.0 Å². The van der Waals surface area contributed by atoms with E-state index in [2.05, 4.69) is 11.1 Å². The molecule has 19 heavy (non-hydrogen) atoms. The van der Waals surface area contributed by atoms with Crippen molar-refractivity contribution >= 4 is 10.9 Å². The number of fused-ring (bicyclic) bond motifs is 1. The van der Waals surface area contributed by atoms with Crippen molar-refractivity contribution in [3.63, 3.8) is 0 Å². The van der Waals surface area contributed by atoms with Crippen LogP contribution >= 0.6 is 0 Å². The third-order valence-corrected chi connectivity index (χ3v) is 4.10. The summed E-state index contributed by atoms with van der Waals surface area (Å²) < 4.78 is 5.40. The highest BCUT2D eigenvalue weighted by molar-refractivity contribution is 5.81. The SMILES string of the molecule is CC(O)(Cc1ccnc2ccccc12)C1CCOC1. The van der Waals surface area contributed by atoms with Gasteiger partial charge in [-0.05, 0) is 31.0 Å². The van der Waals surface area contributed by atoms with Gasteiger partial charge in [-0.25, -0.2) is 0 Å². The Morgan fingerprint density at radius 3 is 3.00 bits per heavy atom. The van der Waals surface area contributed by atoms with Gasteiger partial charge in [0.1, 0.15) is 0 Å². The van der Waals surface area contributed by atoms with Gasteiger partial charge in [0, 0.05) is 30.5 Å². The molecule has 3 heteroatoms. The number of hydrogen-bond acceptors (Lipinski definition) is 3. The van der Waals surface area contributed by atoms with Gasteiger partial charge in [0.05, 0.1) is 17.7 Å². The molecular formula is C16H19NO2. The summed E-state index contributed by atoms with van der Waals surface area (Å²) in [6, 6.07) is 10.1. The molecule has 0 radical (unpaired) electrons. The lowest BCUT2D eigenvalue weighted by molar-refractivity contribution is -0.00429. The number of nitrogens with zero attached hydrogens (tertiary/aromatic N) is 1. The van der Waals surface area contributed by atoms with Gasteiger partial charge in [-0.15, -0.1) is 0 Å². The summed E-state index contributed by atoms with van der Waals surface area (Å²) in [5, 5.41) is 11.9. The monoisotopic (exact) mass is 257 g/mol. The zero-order chi connectivity index (χ0) is 13.3. The second-order valence-electron chi connectivity index (χ2n) is 5.58. The van der Waals surface area contributed by atoms with E-state index in [4.69, 9.17) is 4.74 Å². The zero-order valence-electron chi connectivity index (χ0n) is 11.2. The molecule has 1 aromatic carbocycles. The molecular weight excluding hydrogens is 238 g/mol. The largest absolute Gasteiger partial charge is 0.389 e. The molecule has 2 heterocycles. The average Bonchev–Trinajstić information content (AvgIpc) is 2.93. The lowest BCUT2D eigenvalue weighted by Gasteiger charge is -2.29. The smallest absolute Gasteiger partial charge is 0.0711 e. The van der Waals surface area contributed by atoms with Gasteiger partial charge in [0.15, 0.2) is 0 Å². The fraction of sp³-hybridized carbons (Fsp3) is 0.438. The molecule has 0 saturated carbocycles. The molecule has 1 fully saturated rings. The van der Waals surface area contributed by atoms with Crippen molar-refractivity contribution in [1.29, 1.82) is 0 Å². The van der Waals surface area contributed by atoms with E-state index < -0.39 is 5.60 Å². The molecule has 2 unspecified atom stereocenters. The molecule has 1 N–H and O–H groups in total. The minimum Gasteiger partial charge on any atom is -0.389 e. The van der Waals surface area contributed by atoms with Crippen LogP contribution in [-0.2, 0) is 11.2 Å². The van der Waals surface area contributed by atoms with Crippen molar-refractivity contribution in [2.75, 3.05) is 13.2 Å².